The lowest BCUT2D eigenvalue weighted by molar-refractivity contribution is 0.163. The van der Waals surface area contributed by atoms with Crippen LogP contribution in [0.5, 0.6) is 0 Å². The largest absolute Gasteiger partial charge is 0.330 e. The van der Waals surface area contributed by atoms with Crippen molar-refractivity contribution in [3.63, 3.8) is 0 Å². The number of nitrogens with two attached hydrogens (primary N) is 1. The monoisotopic (exact) mass is 246 g/mol. The molecule has 2 nitrogen and oxygen atoms in total. The summed E-state index contributed by atoms with van der Waals surface area (Å²) in [5, 5.41) is 0. The maximum atomic E-state index is 5.71. The first-order chi connectivity index (χ1) is 8.78. The zero-order valence-electron chi connectivity index (χ0n) is 11.5. The van der Waals surface area contributed by atoms with Crippen molar-refractivity contribution < 1.29 is 0 Å². The number of nitrogens with zero attached hydrogens (tertiary/aromatic N) is 1. The van der Waals surface area contributed by atoms with Gasteiger partial charge in [-0.05, 0) is 56.3 Å². The Labute approximate surface area is 111 Å². The molecule has 1 fully saturated rings. The third-order valence-electron chi connectivity index (χ3n) is 4.09. The van der Waals surface area contributed by atoms with E-state index in [0.29, 0.717) is 5.92 Å². The Kier molecular flexibility index (Phi) is 5.21. The first kappa shape index (κ1) is 13.6. The molecular weight excluding hydrogens is 220 g/mol. The van der Waals surface area contributed by atoms with E-state index in [0.717, 1.165) is 19.0 Å². The quantitative estimate of drug-likeness (QED) is 0.865. The summed E-state index contributed by atoms with van der Waals surface area (Å²) < 4.78 is 0. The molecule has 0 aliphatic carbocycles. The topological polar surface area (TPSA) is 29.3 Å². The fourth-order valence-corrected chi connectivity index (χ4v) is 2.89. The average Bonchev–Trinajstić information content (AvgIpc) is 2.42. The van der Waals surface area contributed by atoms with Crippen molar-refractivity contribution in [1.29, 1.82) is 0 Å². The zero-order chi connectivity index (χ0) is 12.8. The lowest BCUT2D eigenvalue weighted by Gasteiger charge is -2.33. The molecule has 1 unspecified atom stereocenters. The molecule has 100 valence electrons. The second-order valence-electron chi connectivity index (χ2n) is 5.78. The van der Waals surface area contributed by atoms with Gasteiger partial charge in [0.05, 0.1) is 0 Å². The number of likely N-dealkylation sites (tertiary alicyclic amines) is 1. The van der Waals surface area contributed by atoms with E-state index in [1.165, 1.54) is 37.9 Å². The summed E-state index contributed by atoms with van der Waals surface area (Å²) in [6.07, 6.45) is 4.00. The van der Waals surface area contributed by atoms with Gasteiger partial charge in [0, 0.05) is 6.54 Å². The highest BCUT2D eigenvalue weighted by Crippen LogP contribution is 2.24. The Hall–Kier alpha value is -0.860. The van der Waals surface area contributed by atoms with E-state index in [-0.39, 0.29) is 0 Å². The highest BCUT2D eigenvalue weighted by atomic mass is 15.1. The molecule has 0 amide bonds. The van der Waals surface area contributed by atoms with E-state index in [4.69, 9.17) is 5.73 Å². The second kappa shape index (κ2) is 6.91. The van der Waals surface area contributed by atoms with Crippen LogP contribution in [0.4, 0.5) is 0 Å². The van der Waals surface area contributed by atoms with E-state index in [9.17, 15) is 0 Å². The van der Waals surface area contributed by atoms with Crippen LogP contribution in [-0.2, 0) is 6.54 Å². The van der Waals surface area contributed by atoms with Crippen LogP contribution in [0.3, 0.4) is 0 Å². The average molecular weight is 246 g/mol. The van der Waals surface area contributed by atoms with Crippen molar-refractivity contribution in [3.8, 4) is 0 Å². The van der Waals surface area contributed by atoms with Crippen molar-refractivity contribution in [2.45, 2.75) is 32.7 Å². The summed E-state index contributed by atoms with van der Waals surface area (Å²) in [5.41, 5.74) is 7.14. The van der Waals surface area contributed by atoms with Gasteiger partial charge in [0.25, 0.3) is 0 Å². The Morgan fingerprint density at radius 3 is 2.50 bits per heavy atom. The molecule has 1 aromatic rings. The predicted octanol–water partition coefficient (Wildman–Crippen LogP) is 2.88. The van der Waals surface area contributed by atoms with Gasteiger partial charge >= 0.3 is 0 Å². The van der Waals surface area contributed by atoms with Crippen molar-refractivity contribution in [1.82, 2.24) is 4.90 Å². The van der Waals surface area contributed by atoms with Crippen LogP contribution in [0.25, 0.3) is 0 Å². The summed E-state index contributed by atoms with van der Waals surface area (Å²) in [7, 11) is 0. The van der Waals surface area contributed by atoms with Gasteiger partial charge in [-0.1, -0.05) is 37.3 Å². The Balaban J connectivity index is 1.73. The normalized spacial score (nSPS) is 19.9. The highest BCUT2D eigenvalue weighted by molar-refractivity contribution is 5.14. The van der Waals surface area contributed by atoms with Crippen LogP contribution in [0, 0.1) is 11.8 Å². The fourth-order valence-electron chi connectivity index (χ4n) is 2.89. The first-order valence-corrected chi connectivity index (χ1v) is 7.24. The molecule has 0 spiro atoms. The van der Waals surface area contributed by atoms with Gasteiger partial charge in [0.15, 0.2) is 0 Å². The third-order valence-corrected chi connectivity index (χ3v) is 4.09. The van der Waals surface area contributed by atoms with E-state index in [1.807, 2.05) is 0 Å². The van der Waals surface area contributed by atoms with Crippen molar-refractivity contribution in [2.24, 2.45) is 17.6 Å². The standard InChI is InChI=1S/C16H26N2/c1-14(12-17)11-15-7-9-18(10-8-15)13-16-5-3-2-4-6-16/h2-6,14-15H,7-13,17H2,1H3. The van der Waals surface area contributed by atoms with Gasteiger partial charge in [0.2, 0.25) is 0 Å². The van der Waals surface area contributed by atoms with E-state index in [2.05, 4.69) is 42.2 Å². The Bertz CT molecular complexity index is 328. The summed E-state index contributed by atoms with van der Waals surface area (Å²) in [6, 6.07) is 10.8. The number of piperidine rings is 1. The molecule has 0 radical (unpaired) electrons. The van der Waals surface area contributed by atoms with Crippen LogP contribution < -0.4 is 5.73 Å². The smallest absolute Gasteiger partial charge is 0.0233 e. The van der Waals surface area contributed by atoms with Gasteiger partial charge in [-0.15, -0.1) is 0 Å². The molecule has 2 N–H and O–H groups in total. The summed E-state index contributed by atoms with van der Waals surface area (Å²) in [4.78, 5) is 2.58. The van der Waals surface area contributed by atoms with Gasteiger partial charge in [-0.3, -0.25) is 4.90 Å². The molecule has 1 aromatic carbocycles. The first-order valence-electron chi connectivity index (χ1n) is 7.24. The number of rotatable bonds is 5. The van der Waals surface area contributed by atoms with Gasteiger partial charge in [-0.25, -0.2) is 0 Å². The molecular formula is C16H26N2. The van der Waals surface area contributed by atoms with Crippen molar-refractivity contribution in [3.05, 3.63) is 35.9 Å². The van der Waals surface area contributed by atoms with Crippen LogP contribution in [-0.4, -0.2) is 24.5 Å². The predicted molar refractivity (Wildman–Crippen MR) is 77.3 cm³/mol. The summed E-state index contributed by atoms with van der Waals surface area (Å²) >= 11 is 0. The lowest BCUT2D eigenvalue weighted by atomic mass is 9.88. The maximum absolute atomic E-state index is 5.71. The zero-order valence-corrected chi connectivity index (χ0v) is 11.5. The molecule has 1 heterocycles. The molecule has 2 rings (SSSR count). The van der Waals surface area contributed by atoms with Crippen molar-refractivity contribution >= 4 is 0 Å². The molecule has 18 heavy (non-hydrogen) atoms. The van der Waals surface area contributed by atoms with Gasteiger partial charge in [0.1, 0.15) is 0 Å². The Morgan fingerprint density at radius 1 is 1.22 bits per heavy atom. The number of hydrogen-bond acceptors (Lipinski definition) is 2. The third kappa shape index (κ3) is 4.11. The van der Waals surface area contributed by atoms with Crippen LogP contribution in [0.1, 0.15) is 31.7 Å². The summed E-state index contributed by atoms with van der Waals surface area (Å²) in [6.45, 7) is 6.72. The van der Waals surface area contributed by atoms with Crippen LogP contribution >= 0.6 is 0 Å². The van der Waals surface area contributed by atoms with E-state index >= 15 is 0 Å². The van der Waals surface area contributed by atoms with Crippen molar-refractivity contribution in [2.75, 3.05) is 19.6 Å². The molecule has 2 heteroatoms. The minimum Gasteiger partial charge on any atom is -0.330 e. The fraction of sp³-hybridized carbons (Fsp3) is 0.625. The minimum atomic E-state index is 0.690. The summed E-state index contributed by atoms with van der Waals surface area (Å²) in [5.74, 6) is 1.59. The molecule has 1 atom stereocenters. The molecule has 0 aromatic heterocycles. The van der Waals surface area contributed by atoms with Gasteiger partial charge < -0.3 is 5.73 Å². The minimum absolute atomic E-state index is 0.690. The van der Waals surface area contributed by atoms with Gasteiger partial charge in [-0.2, -0.15) is 0 Å². The number of benzene rings is 1. The highest BCUT2D eigenvalue weighted by Gasteiger charge is 2.20. The maximum Gasteiger partial charge on any atom is 0.0233 e. The lowest BCUT2D eigenvalue weighted by Crippen LogP contribution is -2.34. The molecule has 1 aliphatic rings. The van der Waals surface area contributed by atoms with Crippen LogP contribution in [0.2, 0.25) is 0 Å². The molecule has 0 bridgehead atoms. The molecule has 1 aliphatic heterocycles. The number of hydrogen-bond donors (Lipinski definition) is 1. The van der Waals surface area contributed by atoms with Crippen LogP contribution in [0.15, 0.2) is 30.3 Å². The Morgan fingerprint density at radius 2 is 1.89 bits per heavy atom. The molecule has 0 saturated carbocycles. The van der Waals surface area contributed by atoms with E-state index < -0.39 is 0 Å². The molecule has 1 saturated heterocycles. The second-order valence-corrected chi connectivity index (χ2v) is 5.78. The van der Waals surface area contributed by atoms with E-state index in [1.54, 1.807) is 0 Å². The SMILES string of the molecule is CC(CN)CC1CCN(Cc2ccccc2)CC1.